The molecule has 4 N–H and O–H groups in total. The van der Waals surface area contributed by atoms with Gasteiger partial charge in [0.1, 0.15) is 11.9 Å². The highest BCUT2D eigenvalue weighted by Crippen LogP contribution is 2.32. The van der Waals surface area contributed by atoms with E-state index in [1.54, 1.807) is 36.2 Å². The maximum absolute atomic E-state index is 13.6. The number of hydrogen-bond donors (Lipinski definition) is 4. The van der Waals surface area contributed by atoms with Gasteiger partial charge in [-0.05, 0) is 110 Å². The smallest absolute Gasteiger partial charge is 0.411 e. The highest BCUT2D eigenvalue weighted by Gasteiger charge is 2.24. The molecular weight excluding hydrogens is 781 g/mol. The fourth-order valence-electron chi connectivity index (χ4n) is 8.32. The Balaban J connectivity index is 0.859. The van der Waals surface area contributed by atoms with Crippen LogP contribution in [-0.4, -0.2) is 70.7 Å². The Morgan fingerprint density at radius 2 is 1.60 bits per heavy atom. The van der Waals surface area contributed by atoms with E-state index in [9.17, 15) is 29.4 Å². The Morgan fingerprint density at radius 1 is 0.871 bits per heavy atom. The summed E-state index contributed by atoms with van der Waals surface area (Å²) in [7, 11) is 1.74. The molecule has 6 aromatic rings. The van der Waals surface area contributed by atoms with Crippen LogP contribution < -0.4 is 15.8 Å². The highest BCUT2D eigenvalue weighted by molar-refractivity contribution is 6.00. The van der Waals surface area contributed by atoms with Crippen LogP contribution in [0.2, 0.25) is 0 Å². The van der Waals surface area contributed by atoms with E-state index in [0.717, 1.165) is 39.8 Å². The van der Waals surface area contributed by atoms with Gasteiger partial charge in [0.15, 0.2) is 5.78 Å². The Hall–Kier alpha value is -6.56. The number of piperidine rings is 1. The van der Waals surface area contributed by atoms with Gasteiger partial charge < -0.3 is 29.7 Å². The van der Waals surface area contributed by atoms with Gasteiger partial charge in [0.2, 0.25) is 11.5 Å². The second kappa shape index (κ2) is 19.9. The quantitative estimate of drug-likeness (QED) is 0.0749. The third-order valence-corrected chi connectivity index (χ3v) is 12.0. The standard InChI is InChI=1S/C51H54N4O7/c1-33-30-38(34(2)29-36(33)13-10-18-45(56)42-19-21-46(57)50-43(42)20-22-48(59)53-50)32-47(58)37-14-9-15-39(31-37)54(3)49(60)25-28-55-26-23-40(24-27-55)62-51(61)52-44-17-8-7-16-41(44)35-11-5-4-6-12-35/h4-9,11-12,14-17,19-22,29-31,40,45,56-57H,10,13,18,23-28,32H2,1-3H3,(H,52,61)(H,53,59)/t45-/m0/s1. The first-order chi connectivity index (χ1) is 29.9. The molecule has 1 aliphatic heterocycles. The molecule has 0 aliphatic carbocycles. The summed E-state index contributed by atoms with van der Waals surface area (Å²) < 4.78 is 5.79. The van der Waals surface area contributed by atoms with Gasteiger partial charge in [0.25, 0.3) is 0 Å². The molecule has 62 heavy (non-hydrogen) atoms. The van der Waals surface area contributed by atoms with E-state index >= 15 is 0 Å². The molecule has 11 nitrogen and oxygen atoms in total. The molecule has 1 saturated heterocycles. The van der Waals surface area contributed by atoms with Crippen LogP contribution in [0.4, 0.5) is 16.2 Å². The molecule has 2 amide bonds. The zero-order valence-corrected chi connectivity index (χ0v) is 35.5. The molecular formula is C51H54N4O7. The van der Waals surface area contributed by atoms with Crippen molar-refractivity contribution in [3.8, 4) is 16.9 Å². The van der Waals surface area contributed by atoms with Gasteiger partial charge in [-0.3, -0.25) is 19.7 Å². The number of carbonyl (C=O) groups excluding carboxylic acids is 3. The second-order valence-corrected chi connectivity index (χ2v) is 16.2. The molecule has 0 spiro atoms. The molecule has 11 heteroatoms. The summed E-state index contributed by atoms with van der Waals surface area (Å²) >= 11 is 0. The van der Waals surface area contributed by atoms with Crippen molar-refractivity contribution in [3.05, 3.63) is 159 Å². The summed E-state index contributed by atoms with van der Waals surface area (Å²) in [4.78, 5) is 58.1. The number of benzene rings is 5. The number of nitrogens with one attached hydrogen (secondary N) is 2. The number of fused-ring (bicyclic) bond motifs is 1. The zero-order valence-electron chi connectivity index (χ0n) is 35.5. The van der Waals surface area contributed by atoms with Crippen molar-refractivity contribution in [2.45, 2.75) is 71.0 Å². The molecule has 1 fully saturated rings. The number of para-hydroxylation sites is 1. The monoisotopic (exact) mass is 834 g/mol. The van der Waals surface area contributed by atoms with Crippen LogP contribution in [0.15, 0.2) is 120 Å². The van der Waals surface area contributed by atoms with Gasteiger partial charge in [0.05, 0.1) is 17.3 Å². The Morgan fingerprint density at radius 3 is 2.39 bits per heavy atom. The first-order valence-corrected chi connectivity index (χ1v) is 21.3. The number of anilines is 2. The Labute approximate surface area is 362 Å². The van der Waals surface area contributed by atoms with E-state index in [0.29, 0.717) is 85.1 Å². The predicted octanol–water partition coefficient (Wildman–Crippen LogP) is 9.07. The van der Waals surface area contributed by atoms with Crippen molar-refractivity contribution in [3.63, 3.8) is 0 Å². The minimum atomic E-state index is -0.769. The number of ketones is 1. The Kier molecular flexibility index (Phi) is 14.0. The van der Waals surface area contributed by atoms with E-state index in [-0.39, 0.29) is 35.5 Å². The van der Waals surface area contributed by atoms with Crippen LogP contribution in [0.3, 0.4) is 0 Å². The van der Waals surface area contributed by atoms with E-state index in [1.807, 2.05) is 80.6 Å². The normalized spacial score (nSPS) is 13.7. The molecule has 1 aromatic heterocycles. The highest BCUT2D eigenvalue weighted by atomic mass is 16.6. The minimum Gasteiger partial charge on any atom is -0.506 e. The number of phenols is 1. The number of aromatic hydroxyl groups is 1. The van der Waals surface area contributed by atoms with Crippen LogP contribution in [0.1, 0.15) is 76.4 Å². The number of pyridine rings is 1. The minimum absolute atomic E-state index is 0.0345. The summed E-state index contributed by atoms with van der Waals surface area (Å²) in [5.74, 6) is -0.123. The third kappa shape index (κ3) is 10.7. The summed E-state index contributed by atoms with van der Waals surface area (Å²) in [6.07, 6.45) is 2.40. The average Bonchev–Trinajstić information content (AvgIpc) is 3.28. The number of ether oxygens (including phenoxy) is 1. The van der Waals surface area contributed by atoms with Crippen LogP contribution in [0.25, 0.3) is 22.0 Å². The zero-order chi connectivity index (χ0) is 43.8. The lowest BCUT2D eigenvalue weighted by Gasteiger charge is -2.31. The van der Waals surface area contributed by atoms with Gasteiger partial charge in [0, 0.05) is 67.8 Å². The van der Waals surface area contributed by atoms with Crippen molar-refractivity contribution in [1.82, 2.24) is 9.88 Å². The largest absolute Gasteiger partial charge is 0.506 e. The van der Waals surface area contributed by atoms with Crippen LogP contribution in [0.5, 0.6) is 5.75 Å². The number of likely N-dealkylation sites (tertiary alicyclic amines) is 1. The number of Topliss-reactive ketones (excluding diaryl/α,β-unsaturated/α-hetero) is 1. The lowest BCUT2D eigenvalue weighted by Crippen LogP contribution is -2.40. The fourth-order valence-corrected chi connectivity index (χ4v) is 8.32. The first kappa shape index (κ1) is 43.5. The lowest BCUT2D eigenvalue weighted by atomic mass is 9.92. The number of rotatable bonds is 15. The maximum atomic E-state index is 13.6. The number of aromatic nitrogens is 1. The number of amides is 2. The molecule has 0 unspecified atom stereocenters. The van der Waals surface area contributed by atoms with Crippen molar-refractivity contribution in [2.75, 3.05) is 36.9 Å². The molecule has 0 bridgehead atoms. The summed E-state index contributed by atoms with van der Waals surface area (Å²) in [5, 5.41) is 24.8. The number of aliphatic hydroxyl groups is 1. The third-order valence-electron chi connectivity index (χ3n) is 12.0. The predicted molar refractivity (Wildman–Crippen MR) is 244 cm³/mol. The number of carbonyl (C=O) groups is 3. The number of aryl methyl sites for hydroxylation is 3. The lowest BCUT2D eigenvalue weighted by molar-refractivity contribution is -0.118. The number of nitrogens with zero attached hydrogens (tertiary/aromatic N) is 2. The van der Waals surface area contributed by atoms with Crippen molar-refractivity contribution in [1.29, 1.82) is 0 Å². The molecule has 320 valence electrons. The Bertz CT molecular complexity index is 2620. The number of hydrogen-bond acceptors (Lipinski definition) is 8. The summed E-state index contributed by atoms with van der Waals surface area (Å²) in [5.41, 5.74) is 8.65. The van der Waals surface area contributed by atoms with Gasteiger partial charge in [-0.15, -0.1) is 0 Å². The van der Waals surface area contributed by atoms with Crippen molar-refractivity contribution >= 4 is 40.1 Å². The number of aliphatic hydroxyl groups excluding tert-OH is 1. The molecule has 7 rings (SSSR count). The van der Waals surface area contributed by atoms with E-state index in [1.165, 1.54) is 12.1 Å². The summed E-state index contributed by atoms with van der Waals surface area (Å²) in [6, 6.07) is 35.1. The first-order valence-electron chi connectivity index (χ1n) is 21.3. The van der Waals surface area contributed by atoms with Crippen LogP contribution in [-0.2, 0) is 22.4 Å². The summed E-state index contributed by atoms with van der Waals surface area (Å²) in [6.45, 7) is 6.05. The molecule has 1 aliphatic rings. The van der Waals surface area contributed by atoms with Gasteiger partial charge in [-0.2, -0.15) is 0 Å². The number of phenolic OH excluding ortho intramolecular Hbond substituents is 1. The van der Waals surface area contributed by atoms with Crippen LogP contribution >= 0.6 is 0 Å². The fraction of sp³-hybridized carbons (Fsp3) is 0.294. The van der Waals surface area contributed by atoms with E-state index < -0.39 is 12.2 Å². The maximum Gasteiger partial charge on any atom is 0.411 e. The van der Waals surface area contributed by atoms with E-state index in [4.69, 9.17) is 4.74 Å². The van der Waals surface area contributed by atoms with Crippen molar-refractivity contribution in [2.24, 2.45) is 0 Å². The second-order valence-electron chi connectivity index (χ2n) is 16.2. The molecule has 2 heterocycles. The van der Waals surface area contributed by atoms with Gasteiger partial charge >= 0.3 is 6.09 Å². The van der Waals surface area contributed by atoms with Gasteiger partial charge in [-0.25, -0.2) is 4.79 Å². The molecule has 0 radical (unpaired) electrons. The number of H-pyrrole nitrogens is 1. The molecule has 1 atom stereocenters. The number of aromatic amines is 1. The van der Waals surface area contributed by atoms with Gasteiger partial charge in [-0.1, -0.05) is 78.9 Å². The molecule has 5 aromatic carbocycles. The topological polar surface area (TPSA) is 152 Å². The SMILES string of the molecule is Cc1cc(CC(=O)c2cccc(N(C)C(=O)CCN3CCC(OC(=O)Nc4ccccc4-c4ccccc4)CC3)c2)c(C)cc1CCC[C@H](O)c1ccc(O)c2[nH]c(=O)ccc12. The average molecular weight is 835 g/mol. The van der Waals surface area contributed by atoms with Crippen LogP contribution in [0, 0.1) is 13.8 Å². The van der Waals surface area contributed by atoms with E-state index in [2.05, 4.69) is 27.3 Å². The molecule has 0 saturated carbocycles. The van der Waals surface area contributed by atoms with Crippen molar-refractivity contribution < 1.29 is 29.3 Å².